The fraction of sp³-hybridized carbons (Fsp3) is 0.381. The number of benzene rings is 1. The predicted octanol–water partition coefficient (Wildman–Crippen LogP) is 1.83. The lowest BCUT2D eigenvalue weighted by molar-refractivity contribution is -0.138. The van der Waals surface area contributed by atoms with Crippen LogP contribution in [0, 0.1) is 6.92 Å². The largest absolute Gasteiger partial charge is 0.491 e. The van der Waals surface area contributed by atoms with Gasteiger partial charge in [-0.15, -0.1) is 0 Å². The summed E-state index contributed by atoms with van der Waals surface area (Å²) in [4.78, 5) is 37.4. The van der Waals surface area contributed by atoms with E-state index in [9.17, 15) is 14.4 Å². The second kappa shape index (κ2) is 9.38. The highest BCUT2D eigenvalue weighted by Crippen LogP contribution is 2.18. The summed E-state index contributed by atoms with van der Waals surface area (Å²) in [5.41, 5.74) is 1.52. The first-order chi connectivity index (χ1) is 13.9. The van der Waals surface area contributed by atoms with Gasteiger partial charge in [-0.1, -0.05) is 0 Å². The van der Waals surface area contributed by atoms with Gasteiger partial charge in [-0.2, -0.15) is 0 Å². The van der Waals surface area contributed by atoms with Crippen molar-refractivity contribution in [2.24, 2.45) is 0 Å². The second-order valence-corrected chi connectivity index (χ2v) is 6.84. The Balaban J connectivity index is 1.47. The summed E-state index contributed by atoms with van der Waals surface area (Å²) in [6.07, 6.45) is 1.12. The number of furan rings is 1. The number of hydrogen-bond donors (Lipinski definition) is 1. The third-order valence-electron chi connectivity index (χ3n) is 4.65. The van der Waals surface area contributed by atoms with E-state index in [1.165, 1.54) is 19.3 Å². The van der Waals surface area contributed by atoms with E-state index in [2.05, 4.69) is 5.32 Å². The number of ether oxygens (including phenoxy) is 2. The molecule has 1 fully saturated rings. The van der Waals surface area contributed by atoms with Crippen LogP contribution < -0.4 is 10.1 Å². The highest BCUT2D eigenvalue weighted by atomic mass is 16.5. The molecule has 1 aromatic carbocycles. The molecule has 1 unspecified atom stereocenters. The minimum absolute atomic E-state index is 0.0120. The zero-order valence-corrected chi connectivity index (χ0v) is 16.5. The van der Waals surface area contributed by atoms with E-state index in [4.69, 9.17) is 13.9 Å². The first-order valence-electron chi connectivity index (χ1n) is 9.39. The molecule has 1 saturated heterocycles. The smallest absolute Gasteiger partial charge is 0.287 e. The lowest BCUT2D eigenvalue weighted by atomic mass is 10.1. The van der Waals surface area contributed by atoms with Gasteiger partial charge in [0.2, 0.25) is 5.91 Å². The minimum atomic E-state index is -0.430. The first kappa shape index (κ1) is 20.6. The summed E-state index contributed by atoms with van der Waals surface area (Å²) in [7, 11) is 0. The quantitative estimate of drug-likeness (QED) is 0.712. The summed E-state index contributed by atoms with van der Waals surface area (Å²) in [5, 5.41) is 2.55. The van der Waals surface area contributed by atoms with Gasteiger partial charge in [-0.25, -0.2) is 0 Å². The number of Topliss-reactive ketones (excluding diaryl/α,β-unsaturated/α-hetero) is 1. The molecule has 1 atom stereocenters. The van der Waals surface area contributed by atoms with Crippen LogP contribution in [-0.4, -0.2) is 61.4 Å². The molecule has 8 nitrogen and oxygen atoms in total. The molecule has 0 saturated carbocycles. The first-order valence-corrected chi connectivity index (χ1v) is 9.39. The molecule has 0 bridgehead atoms. The molecule has 8 heteroatoms. The van der Waals surface area contributed by atoms with Gasteiger partial charge in [0, 0.05) is 12.1 Å². The van der Waals surface area contributed by atoms with Crippen LogP contribution >= 0.6 is 0 Å². The van der Waals surface area contributed by atoms with Gasteiger partial charge in [-0.3, -0.25) is 14.4 Å². The maximum atomic E-state index is 12.4. The molecule has 3 rings (SSSR count). The molecule has 2 amide bonds. The number of amides is 2. The third kappa shape index (κ3) is 5.45. The van der Waals surface area contributed by atoms with Crippen LogP contribution in [0.3, 0.4) is 0 Å². The minimum Gasteiger partial charge on any atom is -0.491 e. The molecule has 1 aromatic heterocycles. The number of morpholine rings is 1. The molecule has 1 aliphatic heterocycles. The van der Waals surface area contributed by atoms with Crippen molar-refractivity contribution in [2.45, 2.75) is 20.0 Å². The zero-order valence-electron chi connectivity index (χ0n) is 16.5. The number of nitrogens with one attached hydrogen (secondary N) is 1. The number of carbonyl (C=O) groups is 3. The number of carbonyl (C=O) groups excluding carboxylic acids is 3. The normalized spacial score (nSPS) is 16.3. The van der Waals surface area contributed by atoms with E-state index in [0.717, 1.165) is 5.56 Å². The van der Waals surface area contributed by atoms with Crippen LogP contribution in [0.25, 0.3) is 0 Å². The number of ketones is 1. The SMILES string of the molecule is CC(=O)c1ccc(OCC2CN(C(=O)CNC(=O)c3ccco3)CCO2)cc1C. The van der Waals surface area contributed by atoms with Crippen molar-refractivity contribution >= 4 is 17.6 Å². The summed E-state index contributed by atoms with van der Waals surface area (Å²) >= 11 is 0. The summed E-state index contributed by atoms with van der Waals surface area (Å²) in [6.45, 7) is 4.78. The number of hydrogen-bond acceptors (Lipinski definition) is 6. The Hall–Kier alpha value is -3.13. The van der Waals surface area contributed by atoms with Gasteiger partial charge in [-0.05, 0) is 49.7 Å². The molecule has 0 radical (unpaired) electrons. The van der Waals surface area contributed by atoms with Gasteiger partial charge in [0.1, 0.15) is 18.5 Å². The Kier molecular flexibility index (Phi) is 6.66. The van der Waals surface area contributed by atoms with Crippen molar-refractivity contribution in [3.8, 4) is 5.75 Å². The van der Waals surface area contributed by atoms with Crippen molar-refractivity contribution in [3.05, 3.63) is 53.5 Å². The van der Waals surface area contributed by atoms with Gasteiger partial charge in [0.05, 0.1) is 26.0 Å². The standard InChI is InChI=1S/C21H24N2O6/c1-14-10-16(5-6-18(14)15(2)24)29-13-17-12-23(7-9-27-17)20(25)11-22-21(26)19-4-3-8-28-19/h3-6,8,10,17H,7,9,11-13H2,1-2H3,(H,22,26). The fourth-order valence-corrected chi connectivity index (χ4v) is 3.12. The van der Waals surface area contributed by atoms with E-state index in [-0.39, 0.29) is 36.7 Å². The number of aryl methyl sites for hydroxylation is 1. The molecule has 29 heavy (non-hydrogen) atoms. The van der Waals surface area contributed by atoms with Crippen molar-refractivity contribution in [2.75, 3.05) is 32.8 Å². The molecular weight excluding hydrogens is 376 g/mol. The molecule has 154 valence electrons. The van der Waals surface area contributed by atoms with Crippen molar-refractivity contribution in [1.82, 2.24) is 10.2 Å². The topological polar surface area (TPSA) is 98.1 Å². The van der Waals surface area contributed by atoms with Crippen molar-refractivity contribution in [3.63, 3.8) is 0 Å². The van der Waals surface area contributed by atoms with Gasteiger partial charge >= 0.3 is 0 Å². The number of rotatable bonds is 7. The van der Waals surface area contributed by atoms with E-state index in [0.29, 0.717) is 31.0 Å². The Morgan fingerprint density at radius 1 is 1.28 bits per heavy atom. The highest BCUT2D eigenvalue weighted by Gasteiger charge is 2.25. The van der Waals surface area contributed by atoms with Gasteiger partial charge < -0.3 is 24.1 Å². The molecule has 1 aliphatic rings. The van der Waals surface area contributed by atoms with Crippen LogP contribution in [0.2, 0.25) is 0 Å². The molecule has 2 heterocycles. The summed E-state index contributed by atoms with van der Waals surface area (Å²) in [6, 6.07) is 8.45. The maximum absolute atomic E-state index is 12.4. The Morgan fingerprint density at radius 2 is 2.10 bits per heavy atom. The molecule has 0 aliphatic carbocycles. The average molecular weight is 400 g/mol. The Labute approximate surface area is 168 Å². The maximum Gasteiger partial charge on any atom is 0.287 e. The monoisotopic (exact) mass is 400 g/mol. The lowest BCUT2D eigenvalue weighted by Crippen LogP contribution is -2.50. The van der Waals surface area contributed by atoms with E-state index < -0.39 is 5.91 Å². The average Bonchev–Trinajstić information content (AvgIpc) is 3.25. The van der Waals surface area contributed by atoms with Crippen LogP contribution in [0.1, 0.15) is 33.4 Å². The fourth-order valence-electron chi connectivity index (χ4n) is 3.12. The van der Waals surface area contributed by atoms with Crippen LogP contribution in [-0.2, 0) is 9.53 Å². The number of nitrogens with zero attached hydrogens (tertiary/aromatic N) is 1. The van der Waals surface area contributed by atoms with Crippen LogP contribution in [0.4, 0.5) is 0 Å². The van der Waals surface area contributed by atoms with Gasteiger partial charge in [0.15, 0.2) is 11.5 Å². The zero-order chi connectivity index (χ0) is 20.8. The van der Waals surface area contributed by atoms with E-state index >= 15 is 0 Å². The van der Waals surface area contributed by atoms with E-state index in [1.807, 2.05) is 13.0 Å². The van der Waals surface area contributed by atoms with E-state index in [1.54, 1.807) is 23.1 Å². The van der Waals surface area contributed by atoms with Crippen LogP contribution in [0.5, 0.6) is 5.75 Å². The Morgan fingerprint density at radius 3 is 2.79 bits per heavy atom. The second-order valence-electron chi connectivity index (χ2n) is 6.84. The summed E-state index contributed by atoms with van der Waals surface area (Å²) < 4.78 is 16.5. The third-order valence-corrected chi connectivity index (χ3v) is 4.65. The summed E-state index contributed by atoms with van der Waals surface area (Å²) in [5.74, 6) is 0.195. The van der Waals surface area contributed by atoms with Crippen LogP contribution in [0.15, 0.2) is 41.0 Å². The molecule has 1 N–H and O–H groups in total. The van der Waals surface area contributed by atoms with Crippen molar-refractivity contribution < 1.29 is 28.3 Å². The van der Waals surface area contributed by atoms with Gasteiger partial charge in [0.25, 0.3) is 5.91 Å². The van der Waals surface area contributed by atoms with Crippen molar-refractivity contribution in [1.29, 1.82) is 0 Å². The molecule has 2 aromatic rings. The molecule has 0 spiro atoms. The highest BCUT2D eigenvalue weighted by molar-refractivity contribution is 5.95. The predicted molar refractivity (Wildman–Crippen MR) is 104 cm³/mol. The Bertz CT molecular complexity index is 877. The molecular formula is C21H24N2O6. The lowest BCUT2D eigenvalue weighted by Gasteiger charge is -2.33.